The zero-order valence-corrected chi connectivity index (χ0v) is 15.2. The van der Waals surface area contributed by atoms with Crippen LogP contribution >= 0.6 is 0 Å². The zero-order valence-electron chi connectivity index (χ0n) is 15.2. The van der Waals surface area contributed by atoms with E-state index in [4.69, 9.17) is 5.73 Å². The van der Waals surface area contributed by atoms with Gasteiger partial charge in [0, 0.05) is 5.56 Å². The number of carbonyl (C=O) groups is 2. The average Bonchev–Trinajstić information content (AvgIpc) is 2.60. The number of benzene rings is 3. The molecule has 3 N–H and O–H groups in total. The molecule has 0 atom stereocenters. The van der Waals surface area contributed by atoms with Crippen molar-refractivity contribution in [2.24, 2.45) is 5.73 Å². The summed E-state index contributed by atoms with van der Waals surface area (Å²) >= 11 is 0. The van der Waals surface area contributed by atoms with Crippen molar-refractivity contribution in [3.05, 3.63) is 77.4 Å². The van der Waals surface area contributed by atoms with Crippen LogP contribution in [0, 0.1) is 0 Å². The van der Waals surface area contributed by atoms with Gasteiger partial charge in [-0.15, -0.1) is 0 Å². The van der Waals surface area contributed by atoms with E-state index in [2.05, 4.69) is 26.1 Å². The van der Waals surface area contributed by atoms with Crippen molar-refractivity contribution < 1.29 is 9.59 Å². The summed E-state index contributed by atoms with van der Waals surface area (Å²) in [6.07, 6.45) is 0. The quantitative estimate of drug-likeness (QED) is 0.733. The highest BCUT2D eigenvalue weighted by Crippen LogP contribution is 2.25. The molecule has 0 saturated heterocycles. The van der Waals surface area contributed by atoms with E-state index < -0.39 is 5.91 Å². The SMILES string of the molecule is CC(C)(C)c1ccc(C(=O)Nc2cc3ccccc3cc2C(N)=O)cc1. The van der Waals surface area contributed by atoms with Crippen molar-refractivity contribution in [1.82, 2.24) is 0 Å². The van der Waals surface area contributed by atoms with Gasteiger partial charge in [0.15, 0.2) is 0 Å². The largest absolute Gasteiger partial charge is 0.366 e. The molecule has 0 aliphatic rings. The Labute approximate surface area is 153 Å². The number of nitrogens with two attached hydrogens (primary N) is 1. The Morgan fingerprint density at radius 2 is 1.46 bits per heavy atom. The molecule has 0 aliphatic heterocycles. The third kappa shape index (κ3) is 3.59. The normalized spacial score (nSPS) is 11.3. The van der Waals surface area contributed by atoms with Crippen LogP contribution in [0.5, 0.6) is 0 Å². The van der Waals surface area contributed by atoms with Crippen molar-refractivity contribution >= 4 is 28.3 Å². The third-order valence-corrected chi connectivity index (χ3v) is 4.41. The van der Waals surface area contributed by atoms with Crippen LogP contribution in [-0.2, 0) is 5.41 Å². The topological polar surface area (TPSA) is 72.2 Å². The second-order valence-electron chi connectivity index (χ2n) is 7.39. The van der Waals surface area contributed by atoms with Gasteiger partial charge in [-0.3, -0.25) is 9.59 Å². The van der Waals surface area contributed by atoms with Gasteiger partial charge in [-0.1, -0.05) is 57.2 Å². The fourth-order valence-electron chi connectivity index (χ4n) is 2.86. The molecule has 0 heterocycles. The number of hydrogen-bond donors (Lipinski definition) is 2. The Kier molecular flexibility index (Phi) is 4.51. The summed E-state index contributed by atoms with van der Waals surface area (Å²) in [6, 6.07) is 18.6. The molecule has 0 fully saturated rings. The minimum absolute atomic E-state index is 0.0203. The lowest BCUT2D eigenvalue weighted by molar-refractivity contribution is 0.100. The summed E-state index contributed by atoms with van der Waals surface area (Å²) in [5.74, 6) is -0.850. The third-order valence-electron chi connectivity index (χ3n) is 4.41. The first-order valence-corrected chi connectivity index (χ1v) is 8.50. The monoisotopic (exact) mass is 346 g/mol. The zero-order chi connectivity index (χ0) is 18.9. The van der Waals surface area contributed by atoms with E-state index in [1.54, 1.807) is 24.3 Å². The predicted octanol–water partition coefficient (Wildman–Crippen LogP) is 4.49. The summed E-state index contributed by atoms with van der Waals surface area (Å²) in [5, 5.41) is 4.64. The number of amides is 2. The highest BCUT2D eigenvalue weighted by atomic mass is 16.2. The standard InChI is InChI=1S/C22H22N2O2/c1-22(2,3)17-10-8-14(9-11-17)21(26)24-19-13-16-7-5-4-6-15(16)12-18(19)20(23)25/h4-13H,1-3H3,(H2,23,25)(H,24,26). The summed E-state index contributed by atoms with van der Waals surface area (Å²) in [4.78, 5) is 24.4. The Morgan fingerprint density at radius 1 is 0.885 bits per heavy atom. The first-order chi connectivity index (χ1) is 12.3. The number of nitrogens with one attached hydrogen (secondary N) is 1. The maximum Gasteiger partial charge on any atom is 0.255 e. The molecule has 0 aromatic heterocycles. The summed E-state index contributed by atoms with van der Waals surface area (Å²) in [6.45, 7) is 6.36. The van der Waals surface area contributed by atoms with Crippen LogP contribution in [-0.4, -0.2) is 11.8 Å². The molecule has 26 heavy (non-hydrogen) atoms. The van der Waals surface area contributed by atoms with Gasteiger partial charge in [0.25, 0.3) is 11.8 Å². The Bertz CT molecular complexity index is 983. The van der Waals surface area contributed by atoms with Crippen LogP contribution in [0.1, 0.15) is 47.1 Å². The van der Waals surface area contributed by atoms with Gasteiger partial charge in [-0.05, 0) is 46.0 Å². The molecule has 0 bridgehead atoms. The van der Waals surface area contributed by atoms with E-state index >= 15 is 0 Å². The molecule has 3 rings (SSSR count). The average molecular weight is 346 g/mol. The van der Waals surface area contributed by atoms with Gasteiger partial charge in [-0.25, -0.2) is 0 Å². The summed E-state index contributed by atoms with van der Waals surface area (Å²) < 4.78 is 0. The van der Waals surface area contributed by atoms with Crippen molar-refractivity contribution in [3.63, 3.8) is 0 Å². The van der Waals surface area contributed by atoms with Crippen LogP contribution in [0.25, 0.3) is 10.8 Å². The number of rotatable bonds is 3. The van der Waals surface area contributed by atoms with E-state index in [0.29, 0.717) is 16.8 Å². The second kappa shape index (κ2) is 6.64. The van der Waals surface area contributed by atoms with E-state index in [-0.39, 0.29) is 11.3 Å². The maximum atomic E-state index is 12.6. The molecule has 4 nitrogen and oxygen atoms in total. The van der Waals surface area contributed by atoms with Crippen LogP contribution in [0.4, 0.5) is 5.69 Å². The van der Waals surface area contributed by atoms with Gasteiger partial charge in [0.05, 0.1) is 11.3 Å². The molecule has 0 aliphatic carbocycles. The number of carbonyl (C=O) groups excluding carboxylic acids is 2. The number of anilines is 1. The summed E-state index contributed by atoms with van der Waals surface area (Å²) in [5.41, 5.74) is 7.91. The maximum absolute atomic E-state index is 12.6. The van der Waals surface area contributed by atoms with E-state index in [0.717, 1.165) is 16.3 Å². The Balaban J connectivity index is 1.93. The van der Waals surface area contributed by atoms with Crippen molar-refractivity contribution in [3.8, 4) is 0 Å². The fourth-order valence-corrected chi connectivity index (χ4v) is 2.86. The van der Waals surface area contributed by atoms with Crippen LogP contribution < -0.4 is 11.1 Å². The van der Waals surface area contributed by atoms with Gasteiger partial charge in [0.2, 0.25) is 0 Å². The molecule has 3 aromatic rings. The van der Waals surface area contributed by atoms with E-state index in [1.165, 1.54) is 0 Å². The second-order valence-corrected chi connectivity index (χ2v) is 7.39. The van der Waals surface area contributed by atoms with Crippen molar-refractivity contribution in [2.45, 2.75) is 26.2 Å². The number of primary amides is 1. The lowest BCUT2D eigenvalue weighted by atomic mass is 9.86. The molecule has 0 unspecified atom stereocenters. The van der Waals surface area contributed by atoms with Gasteiger partial charge < -0.3 is 11.1 Å². The van der Waals surface area contributed by atoms with E-state index in [1.807, 2.05) is 36.4 Å². The molecular weight excluding hydrogens is 324 g/mol. The minimum atomic E-state index is -0.575. The molecule has 0 saturated carbocycles. The first-order valence-electron chi connectivity index (χ1n) is 8.50. The van der Waals surface area contributed by atoms with E-state index in [9.17, 15) is 9.59 Å². The molecule has 3 aromatic carbocycles. The molecule has 2 amide bonds. The number of fused-ring (bicyclic) bond motifs is 1. The van der Waals surface area contributed by atoms with Gasteiger partial charge in [-0.2, -0.15) is 0 Å². The molecule has 0 spiro atoms. The molecule has 4 heteroatoms. The number of hydrogen-bond acceptors (Lipinski definition) is 2. The van der Waals surface area contributed by atoms with Crippen LogP contribution in [0.2, 0.25) is 0 Å². The highest BCUT2D eigenvalue weighted by molar-refractivity contribution is 6.11. The van der Waals surface area contributed by atoms with Crippen LogP contribution in [0.15, 0.2) is 60.7 Å². The van der Waals surface area contributed by atoms with Gasteiger partial charge in [0.1, 0.15) is 0 Å². The molecular formula is C22H22N2O2. The Hall–Kier alpha value is -3.14. The smallest absolute Gasteiger partial charge is 0.255 e. The van der Waals surface area contributed by atoms with Crippen LogP contribution in [0.3, 0.4) is 0 Å². The van der Waals surface area contributed by atoms with Crippen molar-refractivity contribution in [2.75, 3.05) is 5.32 Å². The first kappa shape index (κ1) is 17.7. The predicted molar refractivity (Wildman–Crippen MR) is 106 cm³/mol. The van der Waals surface area contributed by atoms with Gasteiger partial charge >= 0.3 is 0 Å². The lowest BCUT2D eigenvalue weighted by Crippen LogP contribution is -2.18. The molecule has 132 valence electrons. The molecule has 0 radical (unpaired) electrons. The fraction of sp³-hybridized carbons (Fsp3) is 0.182. The summed E-state index contributed by atoms with van der Waals surface area (Å²) in [7, 11) is 0. The lowest BCUT2D eigenvalue weighted by Gasteiger charge is -2.19. The Morgan fingerprint density at radius 3 is 2.00 bits per heavy atom. The highest BCUT2D eigenvalue weighted by Gasteiger charge is 2.16. The van der Waals surface area contributed by atoms with Crippen molar-refractivity contribution in [1.29, 1.82) is 0 Å². The minimum Gasteiger partial charge on any atom is -0.366 e.